The van der Waals surface area contributed by atoms with E-state index in [1.54, 1.807) is 151 Å². The van der Waals surface area contributed by atoms with Crippen LogP contribution in [0.4, 0.5) is 0 Å². The van der Waals surface area contributed by atoms with Gasteiger partial charge in [-0.05, 0) is 246 Å². The lowest BCUT2D eigenvalue weighted by Gasteiger charge is -2.24. The lowest BCUT2D eigenvalue weighted by molar-refractivity contribution is -0.131. The van der Waals surface area contributed by atoms with E-state index in [0.717, 1.165) is 81.3 Å². The van der Waals surface area contributed by atoms with Gasteiger partial charge in [-0.25, -0.2) is 38.7 Å². The Hall–Kier alpha value is -11.9. The minimum absolute atomic E-state index is 0.00694. The van der Waals surface area contributed by atoms with Gasteiger partial charge in [0.25, 0.3) is 11.8 Å². The van der Waals surface area contributed by atoms with Gasteiger partial charge in [-0.15, -0.1) is 37.0 Å². The maximum absolute atomic E-state index is 13.4. The second kappa shape index (κ2) is 59.3. The quantitative estimate of drug-likeness (QED) is 0.0257. The number of hydrogen-bond donors (Lipinski definition) is 4. The summed E-state index contributed by atoms with van der Waals surface area (Å²) in [4.78, 5) is 68.9. The van der Waals surface area contributed by atoms with Crippen molar-refractivity contribution >= 4 is 144 Å². The van der Waals surface area contributed by atoms with Gasteiger partial charge < -0.3 is 38.5 Å². The molecule has 0 aliphatic rings. The number of carbonyl (C=O) groups is 4. The summed E-state index contributed by atoms with van der Waals surface area (Å²) in [6.45, 7) is 13.1. The molecule has 12 aromatic rings. The zero-order valence-corrected chi connectivity index (χ0v) is 88.1. The molecule has 8 aromatic carbocycles. The number of ether oxygens (including phenoxy) is 4. The highest BCUT2D eigenvalue weighted by molar-refractivity contribution is 7.90. The Labute approximate surface area is 871 Å². The molecule has 0 saturated heterocycles. The number of sulfonamides is 4. The lowest BCUT2D eigenvalue weighted by Crippen LogP contribution is -2.34. The van der Waals surface area contributed by atoms with E-state index in [2.05, 4.69) is 52.5 Å². The summed E-state index contributed by atoms with van der Waals surface area (Å²) >= 11 is 29.4. The van der Waals surface area contributed by atoms with Gasteiger partial charge in [-0.3, -0.25) is 24.2 Å². The van der Waals surface area contributed by atoms with Crippen LogP contribution in [0.15, 0.2) is 259 Å². The fourth-order valence-corrected chi connectivity index (χ4v) is 20.1. The first-order chi connectivity index (χ1) is 68.8. The molecular formula is C106H112Cl4N10O16S7. The smallest absolute Gasteiger partial charge is 0.273 e. The molecule has 12 rings (SSSR count). The Morgan fingerprint density at radius 2 is 0.650 bits per heavy atom. The van der Waals surface area contributed by atoms with Crippen LogP contribution in [0.25, 0.3) is 0 Å². The molecule has 4 heterocycles. The number of carbonyl (C=O) groups excluding carboxylic acids is 4. The number of amides is 4. The Morgan fingerprint density at radius 3 is 0.937 bits per heavy atom. The number of nitrogens with one attached hydrogen (secondary N) is 4. The number of pyridine rings is 1. The Kier molecular flexibility index (Phi) is 47.6. The zero-order valence-electron chi connectivity index (χ0n) is 79.4. The molecule has 0 bridgehead atoms. The van der Waals surface area contributed by atoms with Gasteiger partial charge in [0.1, 0.15) is 28.7 Å². The fraction of sp³-hybridized carbons (Fsp3) is 0.283. The molecule has 26 nitrogen and oxygen atoms in total. The van der Waals surface area contributed by atoms with Crippen molar-refractivity contribution in [3.63, 3.8) is 0 Å². The predicted molar refractivity (Wildman–Crippen MR) is 568 cm³/mol. The molecule has 0 aliphatic carbocycles. The molecule has 752 valence electrons. The van der Waals surface area contributed by atoms with Crippen molar-refractivity contribution in [1.29, 1.82) is 0 Å². The standard InChI is InChI=1S/C28H30ClN3O4S.C27H29ClN2O4S2.C26H27ClN2O4S2.C25H26ClN3O4S2/c1-3-14-31-37(34,35)26-8-5-22(6-9-26)13-17-32(28(33)19-23-11-15-30-16-12-23)21-24-20-25(29)7-10-27(24)36-18-4-2;1-3-13-29-36(32,33)25-8-5-21(6-9-25)11-14-30(27(31)17-22-12-16-35-20-22)19-23-18-24(28)7-10-26(23)34-15-4-2;1-3-13-28-35(31,32)24-8-5-20(6-9-24)11-14-29(26(30)21-12-16-34-19-21)18-22-17-23(27)7-10-25(22)33-15-4-2;1-3-12-28-35(31,32)22-8-5-19(6-9-22)11-13-29(25(30)23-17-34-18-27-23)16-20-15-21(26)7-10-24(20)33-14-4-2/h1,5-12,15-16,20,31H,4,13-14,17-19,21H2,2H3;1,5-10,12,16,18,20,29H,4,11,13-15,17,19H2,2H3;1,5-10,12,16-17,19,28H,4,11,13-15,18H2,2H3;1,5-10,15,17-18,28H,4,11-14,16H2,2H3. The van der Waals surface area contributed by atoms with Crippen LogP contribution in [-0.2, 0) is 114 Å². The SMILES string of the molecule is C#CCNS(=O)(=O)c1ccc(CCN(Cc2cc(Cl)ccc2OCCC)C(=O)Cc2ccncc2)cc1.C#CCNS(=O)(=O)c1ccc(CCN(Cc2cc(Cl)ccc2OCCC)C(=O)Cc2ccsc2)cc1.C#CCNS(=O)(=O)c1ccc(CCN(Cc2cc(Cl)ccc2OCCC)C(=O)c2ccsc2)cc1.C#CCNS(=O)(=O)c1ccc(CCN(Cc2cc(Cl)ccc2OCCC)C(=O)c2cscn2)cc1. The molecule has 4 amide bonds. The van der Waals surface area contributed by atoms with Crippen molar-refractivity contribution < 1.29 is 71.8 Å². The minimum atomic E-state index is -3.66. The second-order valence-electron chi connectivity index (χ2n) is 31.9. The van der Waals surface area contributed by atoms with Crippen LogP contribution in [0.5, 0.6) is 23.0 Å². The Balaban J connectivity index is 0.000000213. The average molecular weight is 2150 g/mol. The maximum atomic E-state index is 13.4. The van der Waals surface area contributed by atoms with Crippen molar-refractivity contribution in [3.05, 3.63) is 326 Å². The van der Waals surface area contributed by atoms with Gasteiger partial charge in [0.15, 0.2) is 0 Å². The van der Waals surface area contributed by atoms with Gasteiger partial charge in [-0.2, -0.15) is 41.6 Å². The molecule has 4 N–H and O–H groups in total. The molecule has 0 unspecified atom stereocenters. The summed E-state index contributed by atoms with van der Waals surface area (Å²) < 4.78 is 131. The molecule has 0 fully saturated rings. The van der Waals surface area contributed by atoms with E-state index in [1.165, 1.54) is 59.1 Å². The van der Waals surface area contributed by atoms with Gasteiger partial charge in [0.05, 0.1) is 96.1 Å². The molecular weight excluding hydrogens is 2040 g/mol. The number of hydrogen-bond acceptors (Lipinski definition) is 21. The Morgan fingerprint density at radius 1 is 0.350 bits per heavy atom. The van der Waals surface area contributed by atoms with Crippen LogP contribution in [-0.4, -0.2) is 166 Å². The highest BCUT2D eigenvalue weighted by atomic mass is 35.5. The van der Waals surface area contributed by atoms with Crippen molar-refractivity contribution in [1.82, 2.24) is 48.5 Å². The minimum Gasteiger partial charge on any atom is -0.493 e. The van der Waals surface area contributed by atoms with Crippen molar-refractivity contribution in [2.75, 3.05) is 78.8 Å². The number of rotatable bonds is 50. The molecule has 4 aromatic heterocycles. The molecule has 37 heteroatoms. The average Bonchev–Trinajstić information content (AvgIpc) is 1.82. The molecule has 0 atom stereocenters. The lowest BCUT2D eigenvalue weighted by atomic mass is 10.1. The van der Waals surface area contributed by atoms with E-state index in [-0.39, 0.29) is 75.8 Å². The van der Waals surface area contributed by atoms with Crippen LogP contribution >= 0.6 is 80.4 Å². The summed E-state index contributed by atoms with van der Waals surface area (Å²) in [5.41, 5.74) is 11.3. The third-order valence-corrected chi connectivity index (χ3v) is 29.8. The van der Waals surface area contributed by atoms with Crippen LogP contribution in [0.3, 0.4) is 0 Å². The van der Waals surface area contributed by atoms with E-state index in [4.69, 9.17) is 91.0 Å². The summed E-state index contributed by atoms with van der Waals surface area (Å²) in [6, 6.07) is 55.2. The topological polar surface area (TPSA) is 329 Å². The van der Waals surface area contributed by atoms with Crippen LogP contribution in [0.1, 0.15) is 130 Å². The van der Waals surface area contributed by atoms with E-state index >= 15 is 0 Å². The normalized spacial score (nSPS) is 11.1. The number of halogens is 4. The maximum Gasteiger partial charge on any atom is 0.273 e. The number of thiazole rings is 1. The number of nitrogens with zero attached hydrogens (tertiary/aromatic N) is 6. The van der Waals surface area contributed by atoms with Crippen LogP contribution in [0.2, 0.25) is 20.1 Å². The van der Waals surface area contributed by atoms with Gasteiger partial charge in [-0.1, -0.05) is 146 Å². The van der Waals surface area contributed by atoms with E-state index in [0.29, 0.717) is 165 Å². The first-order valence-corrected chi connectivity index (χ1v) is 55.8. The Bertz CT molecular complexity index is 6570. The van der Waals surface area contributed by atoms with E-state index in [9.17, 15) is 52.8 Å². The molecule has 0 radical (unpaired) electrons. The second-order valence-corrected chi connectivity index (χ2v) is 43.0. The molecule has 0 aliphatic heterocycles. The number of thiophene rings is 2. The highest BCUT2D eigenvalue weighted by Crippen LogP contribution is 2.32. The summed E-state index contributed by atoms with van der Waals surface area (Å²) in [5.74, 6) is 11.5. The van der Waals surface area contributed by atoms with Gasteiger partial charge >= 0.3 is 0 Å². The highest BCUT2D eigenvalue weighted by Gasteiger charge is 2.27. The van der Waals surface area contributed by atoms with Crippen molar-refractivity contribution in [3.8, 4) is 72.4 Å². The largest absolute Gasteiger partial charge is 0.493 e. The zero-order chi connectivity index (χ0) is 103. The molecule has 143 heavy (non-hydrogen) atoms. The van der Waals surface area contributed by atoms with Crippen molar-refractivity contribution in [2.45, 2.75) is 138 Å². The van der Waals surface area contributed by atoms with E-state index < -0.39 is 40.1 Å². The first kappa shape index (κ1) is 115. The third kappa shape index (κ3) is 38.0. The van der Waals surface area contributed by atoms with Gasteiger partial charge in [0.2, 0.25) is 51.9 Å². The third-order valence-electron chi connectivity index (χ3n) is 21.2. The number of aromatic nitrogens is 2. The van der Waals surface area contributed by atoms with Gasteiger partial charge in [0, 0.05) is 118 Å². The predicted octanol–water partition coefficient (Wildman–Crippen LogP) is 18.5. The first-order valence-electron chi connectivity index (χ1n) is 45.5. The number of benzene rings is 8. The van der Waals surface area contributed by atoms with Crippen LogP contribution < -0.4 is 37.8 Å². The van der Waals surface area contributed by atoms with E-state index in [1.807, 2.05) is 110 Å². The van der Waals surface area contributed by atoms with Crippen molar-refractivity contribution in [2.24, 2.45) is 0 Å². The fourth-order valence-electron chi connectivity index (χ4n) is 13.8. The summed E-state index contributed by atoms with van der Waals surface area (Å²) in [6.07, 6.45) is 30.0. The molecule has 0 saturated carbocycles. The summed E-state index contributed by atoms with van der Waals surface area (Å²) in [5, 5.41) is 11.6. The van der Waals surface area contributed by atoms with Crippen LogP contribution in [0, 0.1) is 49.4 Å². The molecule has 0 spiro atoms. The number of terminal acetylenes is 4. The monoisotopic (exact) mass is 2140 g/mol. The summed E-state index contributed by atoms with van der Waals surface area (Å²) in [7, 11) is -14.6.